The van der Waals surface area contributed by atoms with Gasteiger partial charge in [-0.1, -0.05) is 0 Å². The molecule has 1 aromatic heterocycles. The van der Waals surface area contributed by atoms with Crippen LogP contribution < -0.4 is 5.69 Å². The Balaban J connectivity index is 2.37. The molecule has 1 aromatic carbocycles. The van der Waals surface area contributed by atoms with Crippen LogP contribution >= 0.6 is 11.8 Å². The van der Waals surface area contributed by atoms with Crippen molar-refractivity contribution in [2.45, 2.75) is 16.7 Å². The molecule has 0 fully saturated rings. The number of nitrogens with one attached hydrogen (secondary N) is 1. The molecule has 0 saturated heterocycles. The van der Waals surface area contributed by atoms with E-state index in [2.05, 4.69) is 10.2 Å². The number of aliphatic hydroxyl groups is 1. The molecule has 0 bridgehead atoms. The zero-order valence-corrected chi connectivity index (χ0v) is 10.7. The third-order valence-electron chi connectivity index (χ3n) is 2.47. The van der Waals surface area contributed by atoms with Crippen LogP contribution in [0.5, 0.6) is 0 Å². The maximum absolute atomic E-state index is 11.2. The van der Waals surface area contributed by atoms with Gasteiger partial charge in [0.2, 0.25) is 0 Å². The van der Waals surface area contributed by atoms with Crippen molar-refractivity contribution in [3.8, 4) is 0 Å². The van der Waals surface area contributed by atoms with E-state index in [1.807, 2.05) is 0 Å². The summed E-state index contributed by atoms with van der Waals surface area (Å²) in [7, 11) is 1.55. The Bertz CT molecular complexity index is 678. The van der Waals surface area contributed by atoms with Gasteiger partial charge in [0.1, 0.15) is 0 Å². The quantitative estimate of drug-likeness (QED) is 0.629. The van der Waals surface area contributed by atoms with Gasteiger partial charge in [0.25, 0.3) is 5.69 Å². The number of nitro benzene ring substituents is 1. The number of aromatic amines is 1. The summed E-state index contributed by atoms with van der Waals surface area (Å²) in [4.78, 5) is 21.9. The van der Waals surface area contributed by atoms with Gasteiger partial charge in [0.15, 0.2) is 5.16 Å². The average Bonchev–Trinajstić information content (AvgIpc) is 2.71. The van der Waals surface area contributed by atoms with Gasteiger partial charge in [-0.15, -0.1) is 5.10 Å². The van der Waals surface area contributed by atoms with Gasteiger partial charge in [-0.05, 0) is 23.4 Å². The molecule has 0 saturated carbocycles. The number of aliphatic hydroxyl groups excluding tert-OH is 1. The van der Waals surface area contributed by atoms with Crippen LogP contribution in [0.3, 0.4) is 0 Å². The molecule has 9 heteroatoms. The van der Waals surface area contributed by atoms with Crippen LogP contribution in [0.25, 0.3) is 0 Å². The number of nitro groups is 1. The first kappa shape index (κ1) is 13.3. The van der Waals surface area contributed by atoms with Crippen LogP contribution in [0.1, 0.15) is 5.56 Å². The standard InChI is InChI=1S/C10H10N4O4S/c1-13-9(16)11-12-10(13)19-8-3-2-7(14(17)18)4-6(8)5-15/h2-4,15H,5H2,1H3,(H,11,16). The smallest absolute Gasteiger partial charge is 0.343 e. The van der Waals surface area contributed by atoms with E-state index in [0.29, 0.717) is 15.6 Å². The Morgan fingerprint density at radius 3 is 2.84 bits per heavy atom. The highest BCUT2D eigenvalue weighted by atomic mass is 32.2. The number of aromatic nitrogens is 3. The van der Waals surface area contributed by atoms with Crippen LogP contribution in [-0.4, -0.2) is 24.8 Å². The fourth-order valence-corrected chi connectivity index (χ4v) is 2.32. The van der Waals surface area contributed by atoms with Crippen molar-refractivity contribution >= 4 is 17.4 Å². The Morgan fingerprint density at radius 1 is 1.58 bits per heavy atom. The lowest BCUT2D eigenvalue weighted by atomic mass is 10.2. The lowest BCUT2D eigenvalue weighted by Gasteiger charge is -2.05. The average molecular weight is 282 g/mol. The highest BCUT2D eigenvalue weighted by Gasteiger charge is 2.13. The van der Waals surface area contributed by atoms with E-state index in [4.69, 9.17) is 0 Å². The molecule has 0 atom stereocenters. The van der Waals surface area contributed by atoms with Gasteiger partial charge in [0.05, 0.1) is 11.5 Å². The molecule has 0 aliphatic rings. The zero-order chi connectivity index (χ0) is 14.0. The van der Waals surface area contributed by atoms with E-state index in [0.717, 1.165) is 11.8 Å². The minimum atomic E-state index is -0.530. The first-order chi connectivity index (χ1) is 9.02. The Kier molecular flexibility index (Phi) is 3.67. The maximum Gasteiger partial charge on any atom is 0.343 e. The van der Waals surface area contributed by atoms with E-state index >= 15 is 0 Å². The largest absolute Gasteiger partial charge is 0.392 e. The minimum Gasteiger partial charge on any atom is -0.392 e. The molecule has 8 nitrogen and oxygen atoms in total. The SMILES string of the molecule is Cn1c(Sc2ccc([N+](=O)[O-])cc2CO)n[nH]c1=O. The molecule has 0 spiro atoms. The predicted octanol–water partition coefficient (Wildman–Crippen LogP) is 0.660. The number of H-pyrrole nitrogens is 1. The molecule has 2 rings (SSSR count). The van der Waals surface area contributed by atoms with Crippen molar-refractivity contribution in [2.24, 2.45) is 7.05 Å². The first-order valence-electron chi connectivity index (χ1n) is 5.20. The second-order valence-electron chi connectivity index (χ2n) is 3.68. The van der Waals surface area contributed by atoms with Gasteiger partial charge < -0.3 is 5.11 Å². The van der Waals surface area contributed by atoms with Crippen molar-refractivity contribution in [2.75, 3.05) is 0 Å². The summed E-state index contributed by atoms with van der Waals surface area (Å²) in [5.41, 5.74) is -0.0334. The van der Waals surface area contributed by atoms with Crippen LogP contribution in [0.4, 0.5) is 5.69 Å². The van der Waals surface area contributed by atoms with E-state index < -0.39 is 4.92 Å². The second kappa shape index (κ2) is 5.24. The molecular formula is C10H10N4O4S. The summed E-state index contributed by atoms with van der Waals surface area (Å²) in [6.07, 6.45) is 0. The van der Waals surface area contributed by atoms with Crippen molar-refractivity contribution in [1.29, 1.82) is 0 Å². The van der Waals surface area contributed by atoms with Gasteiger partial charge in [-0.25, -0.2) is 9.89 Å². The van der Waals surface area contributed by atoms with Crippen molar-refractivity contribution in [3.63, 3.8) is 0 Å². The second-order valence-corrected chi connectivity index (χ2v) is 4.69. The zero-order valence-electron chi connectivity index (χ0n) is 9.86. The minimum absolute atomic E-state index is 0.0932. The van der Waals surface area contributed by atoms with E-state index in [-0.39, 0.29) is 18.0 Å². The lowest BCUT2D eigenvalue weighted by molar-refractivity contribution is -0.385. The molecule has 2 aromatic rings. The highest BCUT2D eigenvalue weighted by Crippen LogP contribution is 2.30. The summed E-state index contributed by atoms with van der Waals surface area (Å²) in [5.74, 6) is 0. The van der Waals surface area contributed by atoms with E-state index in [1.165, 1.54) is 22.8 Å². The number of rotatable bonds is 4. The van der Waals surface area contributed by atoms with Crippen molar-refractivity contribution < 1.29 is 10.0 Å². The van der Waals surface area contributed by atoms with Gasteiger partial charge in [-0.3, -0.25) is 14.7 Å². The van der Waals surface area contributed by atoms with Gasteiger partial charge >= 0.3 is 5.69 Å². The number of benzene rings is 1. The van der Waals surface area contributed by atoms with Crippen LogP contribution in [0.15, 0.2) is 33.0 Å². The third-order valence-corrected chi connectivity index (χ3v) is 3.63. The number of nitrogens with zero attached hydrogens (tertiary/aromatic N) is 3. The molecule has 0 amide bonds. The topological polar surface area (TPSA) is 114 Å². The number of hydrogen-bond donors (Lipinski definition) is 2. The maximum atomic E-state index is 11.2. The monoisotopic (exact) mass is 282 g/mol. The van der Waals surface area contributed by atoms with E-state index in [9.17, 15) is 20.0 Å². The Labute approximate surface area is 111 Å². The Morgan fingerprint density at radius 2 is 2.32 bits per heavy atom. The van der Waals surface area contributed by atoms with Crippen LogP contribution in [0, 0.1) is 10.1 Å². The molecule has 1 heterocycles. The summed E-state index contributed by atoms with van der Waals surface area (Å²) in [5, 5.41) is 26.4. The summed E-state index contributed by atoms with van der Waals surface area (Å²) in [6, 6.07) is 4.16. The first-order valence-corrected chi connectivity index (χ1v) is 6.02. The fraction of sp³-hybridized carbons (Fsp3) is 0.200. The van der Waals surface area contributed by atoms with Crippen LogP contribution in [0.2, 0.25) is 0 Å². The molecule has 19 heavy (non-hydrogen) atoms. The summed E-state index contributed by atoms with van der Waals surface area (Å²) < 4.78 is 1.31. The third kappa shape index (κ3) is 2.66. The molecule has 0 radical (unpaired) electrons. The fourth-order valence-electron chi connectivity index (χ4n) is 1.42. The number of non-ortho nitro benzene ring substituents is 1. The normalized spacial score (nSPS) is 10.6. The predicted molar refractivity (Wildman–Crippen MR) is 67.0 cm³/mol. The summed E-state index contributed by atoms with van der Waals surface area (Å²) >= 11 is 1.14. The lowest BCUT2D eigenvalue weighted by Crippen LogP contribution is -2.12. The summed E-state index contributed by atoms with van der Waals surface area (Å²) in [6.45, 7) is -0.331. The molecule has 2 N–H and O–H groups in total. The molecular weight excluding hydrogens is 272 g/mol. The van der Waals surface area contributed by atoms with E-state index in [1.54, 1.807) is 7.05 Å². The Hall–Kier alpha value is -2.13. The molecule has 100 valence electrons. The van der Waals surface area contributed by atoms with Gasteiger partial charge in [0, 0.05) is 24.1 Å². The molecule has 0 aliphatic carbocycles. The van der Waals surface area contributed by atoms with Crippen LogP contribution in [-0.2, 0) is 13.7 Å². The van der Waals surface area contributed by atoms with Crippen molar-refractivity contribution in [3.05, 3.63) is 44.4 Å². The molecule has 0 aliphatic heterocycles. The highest BCUT2D eigenvalue weighted by molar-refractivity contribution is 7.99. The number of hydrogen-bond acceptors (Lipinski definition) is 6. The van der Waals surface area contributed by atoms with Crippen molar-refractivity contribution in [1.82, 2.24) is 14.8 Å². The van der Waals surface area contributed by atoms with Gasteiger partial charge in [-0.2, -0.15) is 0 Å². The molecule has 0 unspecified atom stereocenters.